The largest absolute Gasteiger partial charge is 0.459 e. The van der Waals surface area contributed by atoms with Crippen LogP contribution in [0.5, 0.6) is 0 Å². The smallest absolute Gasteiger partial charge is 0.338 e. The third-order valence-corrected chi connectivity index (χ3v) is 6.14. The average molecular weight is 364 g/mol. The van der Waals surface area contributed by atoms with Crippen molar-refractivity contribution in [2.24, 2.45) is 4.99 Å². The van der Waals surface area contributed by atoms with E-state index in [4.69, 9.17) is 4.74 Å². The molecule has 3 heterocycles. The first kappa shape index (κ1) is 17.2. The second-order valence-electron chi connectivity index (χ2n) is 5.99. The highest BCUT2D eigenvalue weighted by molar-refractivity contribution is 8.15. The summed E-state index contributed by atoms with van der Waals surface area (Å²) in [7, 11) is 0. The van der Waals surface area contributed by atoms with E-state index in [1.807, 2.05) is 45.2 Å². The number of hydrogen-bond donors (Lipinski definition) is 0. The van der Waals surface area contributed by atoms with Crippen LogP contribution in [0.15, 0.2) is 33.8 Å². The average Bonchev–Trinajstić information content (AvgIpc) is 3.13. The van der Waals surface area contributed by atoms with Crippen LogP contribution < -0.4 is 0 Å². The normalized spacial score (nSPS) is 23.6. The first-order valence-electron chi connectivity index (χ1n) is 7.97. The number of amides is 1. The van der Waals surface area contributed by atoms with Crippen LogP contribution in [0.3, 0.4) is 0 Å². The molecular formula is C17H20N2O3S2. The van der Waals surface area contributed by atoms with Gasteiger partial charge < -0.3 is 4.74 Å². The summed E-state index contributed by atoms with van der Waals surface area (Å²) >= 11 is 3.01. The molecule has 2 atom stereocenters. The zero-order valence-electron chi connectivity index (χ0n) is 14.1. The zero-order chi connectivity index (χ0) is 17.4. The molecule has 0 aliphatic carbocycles. The first-order valence-corrected chi connectivity index (χ1v) is 9.73. The summed E-state index contributed by atoms with van der Waals surface area (Å²) in [5.41, 5.74) is 1.09. The van der Waals surface area contributed by atoms with Gasteiger partial charge in [0.1, 0.15) is 6.04 Å². The third kappa shape index (κ3) is 2.91. The van der Waals surface area contributed by atoms with Crippen molar-refractivity contribution in [1.82, 2.24) is 4.90 Å². The maximum absolute atomic E-state index is 12.8. The Kier molecular flexibility index (Phi) is 4.83. The molecule has 2 aliphatic heterocycles. The molecule has 0 spiro atoms. The number of esters is 1. The van der Waals surface area contributed by atoms with E-state index in [0.717, 1.165) is 11.3 Å². The van der Waals surface area contributed by atoms with Crippen molar-refractivity contribution >= 4 is 40.1 Å². The minimum Gasteiger partial charge on any atom is -0.459 e. The highest BCUT2D eigenvalue weighted by Gasteiger charge is 2.47. The van der Waals surface area contributed by atoms with Crippen molar-refractivity contribution in [2.45, 2.75) is 51.5 Å². The number of thiophene rings is 1. The molecule has 1 saturated heterocycles. The Balaban J connectivity index is 2.08. The molecular weight excluding hydrogens is 344 g/mol. The number of carbonyl (C=O) groups is 2. The summed E-state index contributed by atoms with van der Waals surface area (Å²) in [6.07, 6.45) is 0.514. The van der Waals surface area contributed by atoms with Gasteiger partial charge in [0.25, 0.3) is 0 Å². The zero-order valence-corrected chi connectivity index (χ0v) is 15.7. The minimum absolute atomic E-state index is 0.0157. The number of fused-ring (bicyclic) bond motifs is 1. The first-order chi connectivity index (χ1) is 11.4. The maximum Gasteiger partial charge on any atom is 0.338 e. The molecule has 3 rings (SSSR count). The molecule has 1 aromatic rings. The Morgan fingerprint density at radius 1 is 1.46 bits per heavy atom. The van der Waals surface area contributed by atoms with E-state index in [0.29, 0.717) is 16.4 Å². The van der Waals surface area contributed by atoms with E-state index < -0.39 is 12.0 Å². The summed E-state index contributed by atoms with van der Waals surface area (Å²) in [6, 6.07) is 3.43. The van der Waals surface area contributed by atoms with Crippen LogP contribution in [0.25, 0.3) is 0 Å². The second-order valence-corrected chi connectivity index (χ2v) is 8.14. The number of amidine groups is 1. The van der Waals surface area contributed by atoms with Crippen LogP contribution in [0.2, 0.25) is 0 Å². The Bertz CT molecular complexity index is 722. The Morgan fingerprint density at radius 2 is 2.21 bits per heavy atom. The van der Waals surface area contributed by atoms with E-state index in [-0.39, 0.29) is 17.3 Å². The predicted octanol–water partition coefficient (Wildman–Crippen LogP) is 3.74. The number of allylic oxidation sites excluding steroid dienone is 1. The standard InChI is InChI=1S/C17H20N2O3S2/c1-5-11-15(20)19-14(12-7-6-8-23-12)13(16(21)22-9(2)3)10(4)18-17(19)24-11/h6-9,11,14H,5H2,1-4H3. The molecule has 1 amide bonds. The monoisotopic (exact) mass is 364 g/mol. The lowest BCUT2D eigenvalue weighted by Gasteiger charge is -2.32. The number of carbonyl (C=O) groups excluding carboxylic acids is 2. The lowest BCUT2D eigenvalue weighted by atomic mass is 10.00. The molecule has 1 aromatic heterocycles. The summed E-state index contributed by atoms with van der Waals surface area (Å²) in [5, 5.41) is 2.50. The van der Waals surface area contributed by atoms with E-state index in [9.17, 15) is 9.59 Å². The second kappa shape index (κ2) is 6.72. The Labute approximate surface area is 149 Å². The summed E-state index contributed by atoms with van der Waals surface area (Å²) < 4.78 is 5.42. The van der Waals surface area contributed by atoms with E-state index >= 15 is 0 Å². The molecule has 2 unspecified atom stereocenters. The van der Waals surface area contributed by atoms with Gasteiger partial charge in [-0.3, -0.25) is 9.69 Å². The van der Waals surface area contributed by atoms with Crippen LogP contribution in [0, 0.1) is 0 Å². The minimum atomic E-state index is -0.444. The highest BCUT2D eigenvalue weighted by atomic mass is 32.2. The molecule has 0 aromatic carbocycles. The molecule has 1 fully saturated rings. The van der Waals surface area contributed by atoms with Crippen molar-refractivity contribution in [3.63, 3.8) is 0 Å². The van der Waals surface area contributed by atoms with Gasteiger partial charge in [0, 0.05) is 4.88 Å². The van der Waals surface area contributed by atoms with Gasteiger partial charge in [0.15, 0.2) is 5.17 Å². The van der Waals surface area contributed by atoms with Crippen molar-refractivity contribution in [3.8, 4) is 0 Å². The van der Waals surface area contributed by atoms with Gasteiger partial charge in [0.05, 0.1) is 22.6 Å². The number of hydrogen-bond acceptors (Lipinski definition) is 6. The number of ether oxygens (including phenoxy) is 1. The summed E-state index contributed by atoms with van der Waals surface area (Å²) in [5.74, 6) is -0.386. The van der Waals surface area contributed by atoms with Gasteiger partial charge in [-0.2, -0.15) is 0 Å². The van der Waals surface area contributed by atoms with E-state index in [1.165, 1.54) is 23.1 Å². The number of rotatable bonds is 4. The molecule has 7 heteroatoms. The molecule has 0 N–H and O–H groups in total. The van der Waals surface area contributed by atoms with E-state index in [2.05, 4.69) is 4.99 Å². The quantitative estimate of drug-likeness (QED) is 0.764. The van der Waals surface area contributed by atoms with Crippen LogP contribution in [-0.4, -0.2) is 33.3 Å². The fourth-order valence-electron chi connectivity index (χ4n) is 2.84. The number of nitrogens with zero attached hydrogens (tertiary/aromatic N) is 2. The highest BCUT2D eigenvalue weighted by Crippen LogP contribution is 2.45. The molecule has 0 bridgehead atoms. The SMILES string of the molecule is CCC1SC2=NC(C)=C(C(=O)OC(C)C)C(c3cccs3)N2C1=O. The van der Waals surface area contributed by atoms with Crippen LogP contribution in [0.4, 0.5) is 0 Å². The van der Waals surface area contributed by atoms with E-state index in [1.54, 1.807) is 4.90 Å². The van der Waals surface area contributed by atoms with Crippen LogP contribution in [-0.2, 0) is 14.3 Å². The number of thioether (sulfide) groups is 1. The predicted molar refractivity (Wildman–Crippen MR) is 96.9 cm³/mol. The van der Waals surface area contributed by atoms with Gasteiger partial charge in [-0.25, -0.2) is 9.79 Å². The molecule has 0 saturated carbocycles. The molecule has 5 nitrogen and oxygen atoms in total. The van der Waals surface area contributed by atoms with Crippen LogP contribution in [0.1, 0.15) is 45.0 Å². The molecule has 2 aliphatic rings. The third-order valence-electron chi connectivity index (χ3n) is 3.90. The lowest BCUT2D eigenvalue weighted by Crippen LogP contribution is -2.40. The van der Waals surface area contributed by atoms with Gasteiger partial charge in [-0.15, -0.1) is 11.3 Å². The van der Waals surface area contributed by atoms with Gasteiger partial charge >= 0.3 is 5.97 Å². The fraction of sp³-hybridized carbons (Fsp3) is 0.471. The van der Waals surface area contributed by atoms with Crippen molar-refractivity contribution in [2.75, 3.05) is 0 Å². The van der Waals surface area contributed by atoms with Crippen molar-refractivity contribution in [3.05, 3.63) is 33.7 Å². The van der Waals surface area contributed by atoms with Gasteiger partial charge in [-0.05, 0) is 38.6 Å². The maximum atomic E-state index is 12.8. The summed E-state index contributed by atoms with van der Waals surface area (Å²) in [6.45, 7) is 7.43. The molecule has 24 heavy (non-hydrogen) atoms. The lowest BCUT2D eigenvalue weighted by molar-refractivity contribution is -0.143. The molecule has 128 valence electrons. The van der Waals surface area contributed by atoms with Crippen molar-refractivity contribution in [1.29, 1.82) is 0 Å². The summed E-state index contributed by atoms with van der Waals surface area (Å²) in [4.78, 5) is 32.7. The van der Waals surface area contributed by atoms with Gasteiger partial charge in [0.2, 0.25) is 5.91 Å². The topological polar surface area (TPSA) is 59.0 Å². The Hall–Kier alpha value is -1.60. The Morgan fingerprint density at radius 3 is 2.79 bits per heavy atom. The van der Waals surface area contributed by atoms with Crippen molar-refractivity contribution < 1.29 is 14.3 Å². The molecule has 0 radical (unpaired) electrons. The number of aliphatic imine (C=N–C) groups is 1. The van der Waals surface area contributed by atoms with Gasteiger partial charge in [-0.1, -0.05) is 24.8 Å². The fourth-order valence-corrected chi connectivity index (χ4v) is 4.80. The van der Waals surface area contributed by atoms with Crippen LogP contribution >= 0.6 is 23.1 Å².